The molecule has 0 bridgehead atoms. The molecule has 29 heavy (non-hydrogen) atoms. The number of nitrogens with zero attached hydrogens (tertiary/aromatic N) is 2. The fraction of sp³-hybridized carbons (Fsp3) is 0.150. The first-order valence-electron chi connectivity index (χ1n) is 8.74. The Bertz CT molecular complexity index is 1120. The largest absolute Gasteiger partial charge is 0.325 e. The lowest BCUT2D eigenvalue weighted by molar-refractivity contribution is -0.113. The Balaban J connectivity index is 1.60. The highest BCUT2D eigenvalue weighted by atomic mass is 79.9. The molecule has 0 spiro atoms. The second-order valence-electron chi connectivity index (χ2n) is 6.23. The van der Waals surface area contributed by atoms with Crippen molar-refractivity contribution in [1.29, 1.82) is 0 Å². The van der Waals surface area contributed by atoms with Crippen molar-refractivity contribution in [3.8, 4) is 5.69 Å². The number of rotatable bonds is 5. The van der Waals surface area contributed by atoms with E-state index in [1.165, 1.54) is 47.8 Å². The summed E-state index contributed by atoms with van der Waals surface area (Å²) >= 11 is 6.12. The fourth-order valence-electron chi connectivity index (χ4n) is 2.87. The molecular weight excluding hydrogens is 477 g/mol. The molecule has 148 valence electrons. The summed E-state index contributed by atoms with van der Waals surface area (Å²) in [6, 6.07) is 13.0. The lowest BCUT2D eigenvalue weighted by Gasteiger charge is -2.14. The van der Waals surface area contributed by atoms with Gasteiger partial charge in [-0.25, -0.2) is 9.37 Å². The number of anilines is 1. The maximum absolute atomic E-state index is 13.1. The number of carbonyl (C=O) groups excluding carboxylic acids is 1. The topological polar surface area (TPSA) is 64.0 Å². The van der Waals surface area contributed by atoms with E-state index in [9.17, 15) is 14.0 Å². The molecule has 1 amide bonds. The summed E-state index contributed by atoms with van der Waals surface area (Å²) in [5, 5.41) is 3.20. The van der Waals surface area contributed by atoms with Crippen LogP contribution in [0.2, 0.25) is 0 Å². The minimum absolute atomic E-state index is 0.0757. The number of nitrogens with one attached hydrogen (secondary N) is 1. The maximum atomic E-state index is 13.1. The van der Waals surface area contributed by atoms with Crippen LogP contribution in [0.3, 0.4) is 0 Å². The third-order valence-electron chi connectivity index (χ3n) is 4.21. The summed E-state index contributed by atoms with van der Waals surface area (Å²) in [5.74, 6) is 0.285. The van der Waals surface area contributed by atoms with E-state index in [0.29, 0.717) is 21.4 Å². The van der Waals surface area contributed by atoms with Gasteiger partial charge >= 0.3 is 0 Å². The number of carbonyl (C=O) groups is 1. The van der Waals surface area contributed by atoms with Gasteiger partial charge in [-0.05, 0) is 48.5 Å². The summed E-state index contributed by atoms with van der Waals surface area (Å²) in [4.78, 5) is 30.7. The predicted molar refractivity (Wildman–Crippen MR) is 118 cm³/mol. The first-order valence-corrected chi connectivity index (χ1v) is 11.5. The second kappa shape index (κ2) is 8.73. The fourth-order valence-corrected chi connectivity index (χ4v) is 4.98. The molecule has 1 aliphatic heterocycles. The molecule has 2 aromatic carbocycles. The van der Waals surface area contributed by atoms with E-state index in [-0.39, 0.29) is 23.0 Å². The number of benzene rings is 2. The van der Waals surface area contributed by atoms with Gasteiger partial charge < -0.3 is 5.32 Å². The Morgan fingerprint density at radius 2 is 1.93 bits per heavy atom. The molecule has 0 radical (unpaired) electrons. The summed E-state index contributed by atoms with van der Waals surface area (Å²) < 4.78 is 15.5. The molecule has 1 aromatic heterocycles. The van der Waals surface area contributed by atoms with Crippen LogP contribution in [0.1, 0.15) is 5.69 Å². The van der Waals surface area contributed by atoms with Crippen LogP contribution < -0.4 is 10.9 Å². The number of aromatic nitrogens is 2. The highest BCUT2D eigenvalue weighted by Crippen LogP contribution is 2.30. The molecule has 0 unspecified atom stereocenters. The minimum atomic E-state index is -0.365. The first-order chi connectivity index (χ1) is 14.0. The number of fused-ring (bicyclic) bond motifs is 1. The molecule has 4 rings (SSSR count). The van der Waals surface area contributed by atoms with Crippen LogP contribution in [0.15, 0.2) is 67.9 Å². The van der Waals surface area contributed by atoms with Crippen molar-refractivity contribution in [3.63, 3.8) is 0 Å². The number of hydrogen-bond acceptors (Lipinski definition) is 5. The smallest absolute Gasteiger partial charge is 0.272 e. The average molecular weight is 492 g/mol. The summed E-state index contributed by atoms with van der Waals surface area (Å²) in [6.45, 7) is 0. The second-order valence-corrected chi connectivity index (χ2v) is 9.19. The summed E-state index contributed by atoms with van der Waals surface area (Å²) in [6.07, 6.45) is 0.742. The van der Waals surface area contributed by atoms with Crippen LogP contribution >= 0.6 is 39.5 Å². The third kappa shape index (κ3) is 4.57. The van der Waals surface area contributed by atoms with Crippen LogP contribution in [-0.4, -0.2) is 27.0 Å². The van der Waals surface area contributed by atoms with E-state index < -0.39 is 0 Å². The zero-order chi connectivity index (χ0) is 20.4. The van der Waals surface area contributed by atoms with Crippen molar-refractivity contribution in [3.05, 3.63) is 74.9 Å². The molecule has 0 aliphatic carbocycles. The number of amides is 1. The SMILES string of the molecule is O=C(CSc1nc2c(c(=O)n1-c1ccc(Br)cc1)SCC2)Nc1ccc(F)cc1. The minimum Gasteiger partial charge on any atom is -0.325 e. The average Bonchev–Trinajstić information content (AvgIpc) is 3.18. The molecule has 3 aromatic rings. The van der Waals surface area contributed by atoms with Gasteiger partial charge in [0.25, 0.3) is 5.56 Å². The van der Waals surface area contributed by atoms with Crippen LogP contribution in [0.4, 0.5) is 10.1 Å². The van der Waals surface area contributed by atoms with Crippen LogP contribution in [-0.2, 0) is 11.2 Å². The lowest BCUT2D eigenvalue weighted by atomic mass is 10.3. The molecule has 0 saturated heterocycles. The van der Waals surface area contributed by atoms with Crippen molar-refractivity contribution in [2.24, 2.45) is 0 Å². The Kier molecular flexibility index (Phi) is 6.07. The molecule has 0 atom stereocenters. The summed E-state index contributed by atoms with van der Waals surface area (Å²) in [7, 11) is 0. The van der Waals surface area contributed by atoms with E-state index in [4.69, 9.17) is 0 Å². The summed E-state index contributed by atoms with van der Waals surface area (Å²) in [5.41, 5.74) is 1.89. The number of thioether (sulfide) groups is 2. The quantitative estimate of drug-likeness (QED) is 0.420. The molecule has 1 N–H and O–H groups in total. The Morgan fingerprint density at radius 3 is 2.66 bits per heavy atom. The van der Waals surface area contributed by atoms with Crippen molar-refractivity contribution < 1.29 is 9.18 Å². The Labute approximate surface area is 183 Å². The number of halogens is 2. The van der Waals surface area contributed by atoms with Crippen molar-refractivity contribution in [2.45, 2.75) is 16.5 Å². The van der Waals surface area contributed by atoms with E-state index in [1.54, 1.807) is 4.57 Å². The van der Waals surface area contributed by atoms with Gasteiger partial charge in [-0.1, -0.05) is 27.7 Å². The van der Waals surface area contributed by atoms with Crippen LogP contribution in [0.25, 0.3) is 5.69 Å². The van der Waals surface area contributed by atoms with Gasteiger partial charge in [-0.2, -0.15) is 0 Å². The zero-order valence-electron chi connectivity index (χ0n) is 15.0. The van der Waals surface area contributed by atoms with E-state index in [2.05, 4.69) is 26.2 Å². The zero-order valence-corrected chi connectivity index (χ0v) is 18.2. The maximum Gasteiger partial charge on any atom is 0.272 e. The van der Waals surface area contributed by atoms with Crippen molar-refractivity contribution in [2.75, 3.05) is 16.8 Å². The van der Waals surface area contributed by atoms with Crippen LogP contribution in [0.5, 0.6) is 0 Å². The molecule has 0 fully saturated rings. The van der Waals surface area contributed by atoms with Gasteiger partial charge in [0.2, 0.25) is 5.91 Å². The van der Waals surface area contributed by atoms with Gasteiger partial charge in [0.1, 0.15) is 5.82 Å². The highest BCUT2D eigenvalue weighted by molar-refractivity contribution is 9.10. The van der Waals surface area contributed by atoms with Gasteiger partial charge in [0, 0.05) is 22.3 Å². The predicted octanol–water partition coefficient (Wildman–Crippen LogP) is 4.51. The highest BCUT2D eigenvalue weighted by Gasteiger charge is 2.23. The van der Waals surface area contributed by atoms with E-state index in [0.717, 1.165) is 22.3 Å². The molecule has 0 saturated carbocycles. The molecule has 9 heteroatoms. The third-order valence-corrected chi connectivity index (χ3v) is 6.79. The van der Waals surface area contributed by atoms with E-state index in [1.807, 2.05) is 24.3 Å². The number of hydrogen-bond donors (Lipinski definition) is 1. The van der Waals surface area contributed by atoms with Gasteiger partial charge in [0.15, 0.2) is 5.16 Å². The van der Waals surface area contributed by atoms with Gasteiger partial charge in [-0.3, -0.25) is 14.2 Å². The van der Waals surface area contributed by atoms with Crippen LogP contribution in [0, 0.1) is 5.82 Å². The molecule has 1 aliphatic rings. The van der Waals surface area contributed by atoms with Gasteiger partial charge in [0.05, 0.1) is 22.0 Å². The standard InChI is InChI=1S/C20H15BrFN3O2S2/c21-12-1-7-15(8-2-12)25-19(27)18-16(9-10-28-18)24-20(25)29-11-17(26)23-14-5-3-13(22)4-6-14/h1-8H,9-11H2,(H,23,26). The first kappa shape index (κ1) is 20.2. The number of aryl methyl sites for hydroxylation is 1. The van der Waals surface area contributed by atoms with Gasteiger partial charge in [-0.15, -0.1) is 11.8 Å². The Morgan fingerprint density at radius 1 is 1.21 bits per heavy atom. The molecular formula is C20H15BrFN3O2S2. The van der Waals surface area contributed by atoms with Crippen molar-refractivity contribution in [1.82, 2.24) is 9.55 Å². The van der Waals surface area contributed by atoms with E-state index >= 15 is 0 Å². The molecule has 5 nitrogen and oxygen atoms in total. The monoisotopic (exact) mass is 491 g/mol. The molecule has 2 heterocycles. The normalized spacial score (nSPS) is 12.6. The lowest BCUT2D eigenvalue weighted by Crippen LogP contribution is -2.24. The van der Waals surface area contributed by atoms with Crippen molar-refractivity contribution >= 4 is 51.0 Å². The Hall–Kier alpha value is -2.10.